The van der Waals surface area contributed by atoms with Gasteiger partial charge in [-0.3, -0.25) is 0 Å². The van der Waals surface area contributed by atoms with E-state index in [2.05, 4.69) is 23.1 Å². The van der Waals surface area contributed by atoms with Crippen molar-refractivity contribution in [2.24, 2.45) is 5.92 Å². The van der Waals surface area contributed by atoms with Gasteiger partial charge in [0.15, 0.2) is 5.69 Å². The summed E-state index contributed by atoms with van der Waals surface area (Å²) >= 11 is 1.28. The highest BCUT2D eigenvalue weighted by atomic mass is 32.1. The van der Waals surface area contributed by atoms with Crippen molar-refractivity contribution >= 4 is 11.7 Å². The quantitative estimate of drug-likeness (QED) is 0.439. The zero-order valence-corrected chi connectivity index (χ0v) is 18.1. The zero-order valence-electron chi connectivity index (χ0n) is 17.3. The van der Waals surface area contributed by atoms with E-state index in [9.17, 15) is 0 Å². The van der Waals surface area contributed by atoms with Gasteiger partial charge in [0.1, 0.15) is 5.60 Å². The minimum absolute atomic E-state index is 0.311. The molecule has 2 bridgehead atoms. The third kappa shape index (κ3) is 5.21. The molecule has 3 aliphatic heterocycles. The maximum Gasteiger partial charge on any atom is 0.252 e. The number of piperidine rings is 3. The molecule has 3 saturated heterocycles. The molecule has 3 aliphatic rings. The van der Waals surface area contributed by atoms with E-state index in [1.165, 1.54) is 76.2 Å². The van der Waals surface area contributed by atoms with Crippen molar-refractivity contribution in [2.75, 3.05) is 32.8 Å². The molecule has 1 atom stereocenters. The topological polar surface area (TPSA) is 47.5 Å². The number of hydrogen-bond acceptors (Lipinski definition) is 6. The molecule has 1 aromatic heterocycles. The Labute approximate surface area is 169 Å². The lowest BCUT2D eigenvalue weighted by Gasteiger charge is -2.52. The summed E-state index contributed by atoms with van der Waals surface area (Å²) in [5, 5.41) is 0. The number of nitrogens with zero attached hydrogens (tertiary/aromatic N) is 3. The molecule has 0 radical (unpaired) electrons. The average molecular weight is 396 g/mol. The molecule has 1 unspecified atom stereocenters. The number of aromatic nitrogens is 2. The van der Waals surface area contributed by atoms with Crippen LogP contribution in [0.5, 0.6) is 5.88 Å². The van der Waals surface area contributed by atoms with Crippen molar-refractivity contribution in [3.05, 3.63) is 5.69 Å². The molecular formula is C21H37N3O2S. The molecule has 0 amide bonds. The molecule has 4 heterocycles. The van der Waals surface area contributed by atoms with E-state index < -0.39 is 0 Å². The van der Waals surface area contributed by atoms with Crippen LogP contribution in [0.4, 0.5) is 0 Å². The van der Waals surface area contributed by atoms with Crippen LogP contribution in [0.15, 0.2) is 0 Å². The van der Waals surface area contributed by atoms with Crippen LogP contribution in [-0.2, 0) is 10.3 Å². The van der Waals surface area contributed by atoms with Crippen LogP contribution < -0.4 is 4.74 Å². The molecule has 0 saturated carbocycles. The van der Waals surface area contributed by atoms with Crippen LogP contribution in [0.2, 0.25) is 0 Å². The minimum atomic E-state index is -0.311. The molecule has 0 N–H and O–H groups in total. The molecule has 6 heteroatoms. The van der Waals surface area contributed by atoms with Crippen LogP contribution in [0.1, 0.15) is 83.7 Å². The summed E-state index contributed by atoms with van der Waals surface area (Å²) in [5.41, 5.74) is 0.668. The molecule has 5 nitrogen and oxygen atoms in total. The van der Waals surface area contributed by atoms with Gasteiger partial charge in [0.05, 0.1) is 18.3 Å². The predicted octanol–water partition coefficient (Wildman–Crippen LogP) is 5.02. The fourth-order valence-corrected chi connectivity index (χ4v) is 5.10. The Bertz CT molecular complexity index is 545. The first kappa shape index (κ1) is 21.0. The van der Waals surface area contributed by atoms with Gasteiger partial charge in [0, 0.05) is 13.2 Å². The second-order valence-electron chi connectivity index (χ2n) is 8.18. The first-order valence-electron chi connectivity index (χ1n) is 11.1. The van der Waals surface area contributed by atoms with Gasteiger partial charge in [-0.1, -0.05) is 52.4 Å². The largest absolute Gasteiger partial charge is 0.476 e. The van der Waals surface area contributed by atoms with E-state index in [0.717, 1.165) is 44.2 Å². The van der Waals surface area contributed by atoms with Crippen LogP contribution in [0.25, 0.3) is 0 Å². The Balaban J connectivity index is 1.67. The Kier molecular flexibility index (Phi) is 8.34. The summed E-state index contributed by atoms with van der Waals surface area (Å²) in [6.07, 6.45) is 12.1. The Morgan fingerprint density at radius 3 is 2.30 bits per heavy atom. The summed E-state index contributed by atoms with van der Waals surface area (Å²) in [4.78, 5) is 2.54. The Morgan fingerprint density at radius 1 is 0.963 bits per heavy atom. The van der Waals surface area contributed by atoms with Gasteiger partial charge >= 0.3 is 0 Å². The lowest BCUT2D eigenvalue weighted by atomic mass is 9.73. The predicted molar refractivity (Wildman–Crippen MR) is 110 cm³/mol. The standard InChI is InChI=1S/C21H37N3O2S/c1-3-5-7-9-15-25-20-19(22-27-23-20)21(26-16-10-8-6-4-2)17-24-13-11-18(21)12-14-24/h18H,3-17H2,1-2H3. The number of rotatable bonds is 13. The van der Waals surface area contributed by atoms with Gasteiger partial charge in [-0.2, -0.15) is 4.37 Å². The monoisotopic (exact) mass is 395 g/mol. The van der Waals surface area contributed by atoms with Crippen molar-refractivity contribution in [1.82, 2.24) is 13.6 Å². The average Bonchev–Trinajstić information content (AvgIpc) is 3.18. The Hall–Kier alpha value is -0.720. The highest BCUT2D eigenvalue weighted by Crippen LogP contribution is 2.47. The SMILES string of the molecule is CCCCCCOc1nsnc1C1(OCCCCCC)CN2CCC1CC2. The van der Waals surface area contributed by atoms with E-state index in [1.807, 2.05) is 0 Å². The summed E-state index contributed by atoms with van der Waals surface area (Å²) in [5.74, 6) is 1.28. The Morgan fingerprint density at radius 2 is 1.67 bits per heavy atom. The van der Waals surface area contributed by atoms with Crippen LogP contribution in [-0.4, -0.2) is 46.5 Å². The third-order valence-corrected chi connectivity index (χ3v) is 6.67. The van der Waals surface area contributed by atoms with Gasteiger partial charge in [-0.05, 0) is 44.7 Å². The number of ether oxygens (including phenoxy) is 2. The number of hydrogen-bond donors (Lipinski definition) is 0. The molecule has 27 heavy (non-hydrogen) atoms. The van der Waals surface area contributed by atoms with Gasteiger partial charge in [0.25, 0.3) is 5.88 Å². The minimum Gasteiger partial charge on any atom is -0.476 e. The van der Waals surface area contributed by atoms with Gasteiger partial charge in [0.2, 0.25) is 0 Å². The number of fused-ring (bicyclic) bond motifs is 3. The first-order valence-corrected chi connectivity index (χ1v) is 11.8. The summed E-state index contributed by atoms with van der Waals surface area (Å²) < 4.78 is 22.0. The fourth-order valence-electron chi connectivity index (χ4n) is 4.53. The molecule has 3 fully saturated rings. The van der Waals surface area contributed by atoms with Crippen molar-refractivity contribution in [1.29, 1.82) is 0 Å². The van der Waals surface area contributed by atoms with Crippen molar-refractivity contribution in [3.8, 4) is 5.88 Å². The van der Waals surface area contributed by atoms with Crippen LogP contribution in [0, 0.1) is 5.92 Å². The molecule has 1 aromatic rings. The van der Waals surface area contributed by atoms with Crippen molar-refractivity contribution < 1.29 is 9.47 Å². The maximum absolute atomic E-state index is 6.66. The molecular weight excluding hydrogens is 358 g/mol. The first-order chi connectivity index (χ1) is 13.3. The van der Waals surface area contributed by atoms with Crippen molar-refractivity contribution in [2.45, 2.75) is 83.7 Å². The van der Waals surface area contributed by atoms with E-state index >= 15 is 0 Å². The highest BCUT2D eigenvalue weighted by Gasteiger charge is 2.52. The van der Waals surface area contributed by atoms with Gasteiger partial charge in [-0.25, -0.2) is 0 Å². The van der Waals surface area contributed by atoms with Gasteiger partial charge in [-0.15, -0.1) is 4.37 Å². The second-order valence-corrected chi connectivity index (χ2v) is 8.70. The molecule has 0 aromatic carbocycles. The maximum atomic E-state index is 6.66. The smallest absolute Gasteiger partial charge is 0.252 e. The van der Waals surface area contributed by atoms with Crippen LogP contribution >= 0.6 is 11.7 Å². The summed E-state index contributed by atoms with van der Waals surface area (Å²) in [7, 11) is 0. The van der Waals surface area contributed by atoms with E-state index in [0.29, 0.717) is 5.92 Å². The normalized spacial score (nSPS) is 27.2. The molecule has 0 aliphatic carbocycles. The number of unbranched alkanes of at least 4 members (excludes halogenated alkanes) is 6. The lowest BCUT2D eigenvalue weighted by molar-refractivity contribution is -0.163. The third-order valence-electron chi connectivity index (χ3n) is 6.16. The highest BCUT2D eigenvalue weighted by molar-refractivity contribution is 6.99. The lowest BCUT2D eigenvalue weighted by Crippen LogP contribution is -2.58. The summed E-state index contributed by atoms with van der Waals surface area (Å²) in [6.45, 7) is 9.37. The fraction of sp³-hybridized carbons (Fsp3) is 0.905. The molecule has 154 valence electrons. The van der Waals surface area contributed by atoms with E-state index in [-0.39, 0.29) is 5.60 Å². The van der Waals surface area contributed by atoms with E-state index in [4.69, 9.17) is 13.8 Å². The summed E-state index contributed by atoms with van der Waals surface area (Å²) in [6, 6.07) is 0. The zero-order chi connectivity index (χ0) is 19.0. The van der Waals surface area contributed by atoms with E-state index in [1.54, 1.807) is 0 Å². The second kappa shape index (κ2) is 10.7. The van der Waals surface area contributed by atoms with Crippen LogP contribution in [0.3, 0.4) is 0 Å². The van der Waals surface area contributed by atoms with Gasteiger partial charge < -0.3 is 14.4 Å². The van der Waals surface area contributed by atoms with Crippen molar-refractivity contribution in [3.63, 3.8) is 0 Å². The molecule has 4 rings (SSSR count). The molecule has 0 spiro atoms.